The van der Waals surface area contributed by atoms with Gasteiger partial charge in [-0.2, -0.15) is 0 Å². The van der Waals surface area contributed by atoms with E-state index < -0.39 is 0 Å². The highest BCUT2D eigenvalue weighted by Gasteiger charge is 2.06. The summed E-state index contributed by atoms with van der Waals surface area (Å²) >= 11 is 5.88. The lowest BCUT2D eigenvalue weighted by molar-refractivity contribution is 0.287. The minimum absolute atomic E-state index is 0.108. The van der Waals surface area contributed by atoms with E-state index in [-0.39, 0.29) is 6.61 Å². The number of rotatable bonds is 8. The fourth-order valence-electron chi connectivity index (χ4n) is 1.99. The quantitative estimate of drug-likeness (QED) is 0.734. The molecule has 0 radical (unpaired) electrons. The van der Waals surface area contributed by atoms with Crippen LogP contribution in [0.4, 0.5) is 0 Å². The zero-order chi connectivity index (χ0) is 15.8. The van der Waals surface area contributed by atoms with Crippen molar-refractivity contribution in [2.45, 2.75) is 13.2 Å². The molecule has 0 saturated heterocycles. The van der Waals surface area contributed by atoms with Gasteiger partial charge in [-0.05, 0) is 23.8 Å². The van der Waals surface area contributed by atoms with Crippen LogP contribution in [0.25, 0.3) is 0 Å². The predicted molar refractivity (Wildman–Crippen MR) is 87.6 cm³/mol. The third-order valence-electron chi connectivity index (χ3n) is 3.19. The fraction of sp³-hybridized carbons (Fsp3) is 0.294. The van der Waals surface area contributed by atoms with Gasteiger partial charge in [0.15, 0.2) is 0 Å². The Morgan fingerprint density at radius 2 is 1.91 bits per heavy atom. The first-order valence-corrected chi connectivity index (χ1v) is 7.46. The van der Waals surface area contributed by atoms with Gasteiger partial charge in [0, 0.05) is 29.7 Å². The molecule has 0 atom stereocenters. The second-order valence-electron chi connectivity index (χ2n) is 4.79. The van der Waals surface area contributed by atoms with Crippen molar-refractivity contribution in [2.75, 3.05) is 20.3 Å². The van der Waals surface area contributed by atoms with E-state index in [1.807, 2.05) is 42.5 Å². The van der Waals surface area contributed by atoms with Crippen LogP contribution < -0.4 is 14.8 Å². The first kappa shape index (κ1) is 16.6. The maximum Gasteiger partial charge on any atom is 0.127 e. The molecule has 0 unspecified atom stereocenters. The molecule has 2 N–H and O–H groups in total. The van der Waals surface area contributed by atoms with E-state index in [4.69, 9.17) is 26.2 Å². The Bertz CT molecular complexity index is 587. The lowest BCUT2D eigenvalue weighted by Crippen LogP contribution is -2.18. The molecule has 0 saturated carbocycles. The first-order valence-electron chi connectivity index (χ1n) is 7.08. The van der Waals surface area contributed by atoms with Crippen LogP contribution in [0.15, 0.2) is 42.5 Å². The minimum atomic E-state index is 0.108. The standard InChI is InChI=1S/C17H20ClNO3/c1-21-16-7-4-14(11-19-8-9-20)17(10-16)22-12-13-2-5-15(18)6-3-13/h2-7,10,19-20H,8-9,11-12H2,1H3. The van der Waals surface area contributed by atoms with E-state index in [1.54, 1.807) is 7.11 Å². The maximum atomic E-state index is 8.85. The highest BCUT2D eigenvalue weighted by Crippen LogP contribution is 2.26. The molecule has 0 fully saturated rings. The number of hydrogen-bond acceptors (Lipinski definition) is 4. The zero-order valence-corrected chi connectivity index (χ0v) is 13.3. The summed E-state index contributed by atoms with van der Waals surface area (Å²) in [5, 5.41) is 12.7. The zero-order valence-electron chi connectivity index (χ0n) is 12.5. The van der Waals surface area contributed by atoms with Crippen LogP contribution in [0.1, 0.15) is 11.1 Å². The molecule has 2 aromatic carbocycles. The predicted octanol–water partition coefficient (Wildman–Crippen LogP) is 3.01. The largest absolute Gasteiger partial charge is 0.497 e. The molecule has 0 amide bonds. The molecule has 2 aromatic rings. The van der Waals surface area contributed by atoms with Gasteiger partial charge in [0.2, 0.25) is 0 Å². The van der Waals surface area contributed by atoms with Gasteiger partial charge >= 0.3 is 0 Å². The average molecular weight is 322 g/mol. The molecule has 0 heterocycles. The van der Waals surface area contributed by atoms with Gasteiger partial charge in [0.1, 0.15) is 18.1 Å². The molecule has 0 bridgehead atoms. The van der Waals surface area contributed by atoms with Gasteiger partial charge in [-0.15, -0.1) is 0 Å². The smallest absolute Gasteiger partial charge is 0.127 e. The first-order chi connectivity index (χ1) is 10.7. The van der Waals surface area contributed by atoms with Crippen LogP contribution in [-0.4, -0.2) is 25.4 Å². The lowest BCUT2D eigenvalue weighted by atomic mass is 10.2. The van der Waals surface area contributed by atoms with Crippen molar-refractivity contribution in [3.8, 4) is 11.5 Å². The molecule has 118 valence electrons. The fourth-order valence-corrected chi connectivity index (χ4v) is 2.11. The van der Waals surface area contributed by atoms with Gasteiger partial charge in [-0.25, -0.2) is 0 Å². The molecule has 0 aromatic heterocycles. The Morgan fingerprint density at radius 3 is 2.59 bits per heavy atom. The summed E-state index contributed by atoms with van der Waals surface area (Å²) in [6.07, 6.45) is 0. The SMILES string of the molecule is COc1ccc(CNCCO)c(OCc2ccc(Cl)cc2)c1. The molecule has 22 heavy (non-hydrogen) atoms. The van der Waals surface area contributed by atoms with E-state index in [0.717, 1.165) is 22.6 Å². The van der Waals surface area contributed by atoms with Crippen molar-refractivity contribution < 1.29 is 14.6 Å². The van der Waals surface area contributed by atoms with Crippen molar-refractivity contribution >= 4 is 11.6 Å². The van der Waals surface area contributed by atoms with Gasteiger partial charge in [0.25, 0.3) is 0 Å². The van der Waals surface area contributed by atoms with Crippen LogP contribution >= 0.6 is 11.6 Å². The van der Waals surface area contributed by atoms with Gasteiger partial charge < -0.3 is 19.9 Å². The summed E-state index contributed by atoms with van der Waals surface area (Å²) in [4.78, 5) is 0. The number of nitrogens with one attached hydrogen (secondary N) is 1. The van der Waals surface area contributed by atoms with Crippen LogP contribution in [-0.2, 0) is 13.2 Å². The Labute approximate surface area is 135 Å². The van der Waals surface area contributed by atoms with Crippen molar-refractivity contribution in [1.29, 1.82) is 0 Å². The summed E-state index contributed by atoms with van der Waals surface area (Å²) < 4.78 is 11.2. The molecular weight excluding hydrogens is 302 g/mol. The molecule has 2 rings (SSSR count). The number of methoxy groups -OCH3 is 1. The molecule has 0 aliphatic rings. The minimum Gasteiger partial charge on any atom is -0.497 e. The number of aliphatic hydroxyl groups is 1. The normalized spacial score (nSPS) is 10.5. The van der Waals surface area contributed by atoms with E-state index in [2.05, 4.69) is 5.32 Å². The molecule has 0 spiro atoms. The molecule has 5 heteroatoms. The van der Waals surface area contributed by atoms with Gasteiger partial charge in [-0.1, -0.05) is 29.8 Å². The second kappa shape index (κ2) is 8.63. The number of hydrogen-bond donors (Lipinski definition) is 2. The number of aliphatic hydroxyl groups excluding tert-OH is 1. The lowest BCUT2D eigenvalue weighted by Gasteiger charge is -2.13. The average Bonchev–Trinajstić information content (AvgIpc) is 2.55. The second-order valence-corrected chi connectivity index (χ2v) is 5.23. The van der Waals surface area contributed by atoms with Crippen molar-refractivity contribution in [3.05, 3.63) is 58.6 Å². The van der Waals surface area contributed by atoms with Crippen LogP contribution in [0.2, 0.25) is 5.02 Å². The van der Waals surface area contributed by atoms with Crippen molar-refractivity contribution in [3.63, 3.8) is 0 Å². The van der Waals surface area contributed by atoms with Crippen LogP contribution in [0.5, 0.6) is 11.5 Å². The maximum absolute atomic E-state index is 8.85. The monoisotopic (exact) mass is 321 g/mol. The molecule has 4 nitrogen and oxygen atoms in total. The van der Waals surface area contributed by atoms with E-state index in [1.165, 1.54) is 0 Å². The Kier molecular flexibility index (Phi) is 6.52. The summed E-state index contributed by atoms with van der Waals surface area (Å²) in [5.74, 6) is 1.51. The summed E-state index contributed by atoms with van der Waals surface area (Å²) in [6.45, 7) is 1.73. The third-order valence-corrected chi connectivity index (χ3v) is 3.44. The Morgan fingerprint density at radius 1 is 1.14 bits per heavy atom. The topological polar surface area (TPSA) is 50.7 Å². The summed E-state index contributed by atoms with van der Waals surface area (Å²) in [7, 11) is 1.63. The van der Waals surface area contributed by atoms with E-state index in [9.17, 15) is 0 Å². The van der Waals surface area contributed by atoms with Crippen molar-refractivity contribution in [2.24, 2.45) is 0 Å². The van der Waals surface area contributed by atoms with E-state index >= 15 is 0 Å². The number of benzene rings is 2. The highest BCUT2D eigenvalue weighted by molar-refractivity contribution is 6.30. The summed E-state index contributed by atoms with van der Waals surface area (Å²) in [5.41, 5.74) is 2.06. The van der Waals surface area contributed by atoms with Crippen molar-refractivity contribution in [1.82, 2.24) is 5.32 Å². The third kappa shape index (κ3) is 4.91. The molecule has 0 aliphatic heterocycles. The summed E-state index contributed by atoms with van der Waals surface area (Å²) in [6, 6.07) is 13.3. The molecular formula is C17H20ClNO3. The van der Waals surface area contributed by atoms with Gasteiger partial charge in [0.05, 0.1) is 13.7 Å². The Balaban J connectivity index is 2.07. The van der Waals surface area contributed by atoms with Gasteiger partial charge in [-0.3, -0.25) is 0 Å². The number of ether oxygens (including phenoxy) is 2. The highest BCUT2D eigenvalue weighted by atomic mass is 35.5. The van der Waals surface area contributed by atoms with Crippen LogP contribution in [0, 0.1) is 0 Å². The Hall–Kier alpha value is -1.75. The van der Waals surface area contributed by atoms with E-state index in [0.29, 0.717) is 24.7 Å². The van der Waals surface area contributed by atoms with Crippen LogP contribution in [0.3, 0.4) is 0 Å². The number of halogens is 1. The molecule has 0 aliphatic carbocycles.